The van der Waals surface area contributed by atoms with Gasteiger partial charge >= 0.3 is 0 Å². The van der Waals surface area contributed by atoms with Gasteiger partial charge in [-0.25, -0.2) is 19.9 Å². The Labute approximate surface area is 287 Å². The van der Waals surface area contributed by atoms with Gasteiger partial charge < -0.3 is 8.98 Å². The van der Waals surface area contributed by atoms with Gasteiger partial charge in [-0.1, -0.05) is 103 Å². The molecule has 6 nitrogen and oxygen atoms in total. The molecule has 0 aliphatic rings. The Morgan fingerprint density at radius 3 is 1.78 bits per heavy atom. The van der Waals surface area contributed by atoms with Crippen molar-refractivity contribution in [2.45, 2.75) is 0 Å². The van der Waals surface area contributed by atoms with Crippen molar-refractivity contribution >= 4 is 43.9 Å². The van der Waals surface area contributed by atoms with Crippen molar-refractivity contribution in [1.82, 2.24) is 24.5 Å². The van der Waals surface area contributed by atoms with E-state index in [2.05, 4.69) is 101 Å². The van der Waals surface area contributed by atoms with Crippen LogP contribution < -0.4 is 0 Å². The number of hydrogen-bond donors (Lipinski definition) is 0. The average molecular weight is 642 g/mol. The lowest BCUT2D eigenvalue weighted by molar-refractivity contribution is 0.655. The van der Waals surface area contributed by atoms with E-state index < -0.39 is 0 Å². The molecule has 0 unspecified atom stereocenters. The number of rotatable bonds is 5. The highest BCUT2D eigenvalue weighted by Crippen LogP contribution is 2.42. The predicted molar refractivity (Wildman–Crippen MR) is 201 cm³/mol. The first-order valence-corrected chi connectivity index (χ1v) is 16.6. The van der Waals surface area contributed by atoms with Crippen LogP contribution in [-0.2, 0) is 0 Å². The highest BCUT2D eigenvalue weighted by atomic mass is 16.3. The molecule has 4 heterocycles. The van der Waals surface area contributed by atoms with Gasteiger partial charge in [-0.2, -0.15) is 0 Å². The molecule has 0 fully saturated rings. The summed E-state index contributed by atoms with van der Waals surface area (Å²) in [6.07, 6.45) is 1.76. The van der Waals surface area contributed by atoms with Gasteiger partial charge in [0.15, 0.2) is 17.5 Å². The largest absolute Gasteiger partial charge is 0.437 e. The van der Waals surface area contributed by atoms with Gasteiger partial charge in [0.05, 0.1) is 11.0 Å². The second-order valence-electron chi connectivity index (χ2n) is 12.3. The minimum absolute atomic E-state index is 0.568. The van der Waals surface area contributed by atoms with E-state index in [0.29, 0.717) is 23.2 Å². The van der Waals surface area contributed by atoms with E-state index >= 15 is 0 Å². The van der Waals surface area contributed by atoms with Crippen LogP contribution in [0.2, 0.25) is 0 Å². The first-order valence-electron chi connectivity index (χ1n) is 16.6. The van der Waals surface area contributed by atoms with Crippen LogP contribution in [-0.4, -0.2) is 24.5 Å². The van der Waals surface area contributed by atoms with E-state index in [4.69, 9.17) is 19.4 Å². The van der Waals surface area contributed by atoms with Crippen LogP contribution in [0.5, 0.6) is 0 Å². The van der Waals surface area contributed by atoms with Crippen LogP contribution in [0.3, 0.4) is 0 Å². The van der Waals surface area contributed by atoms with Crippen LogP contribution in [0.4, 0.5) is 0 Å². The second-order valence-corrected chi connectivity index (χ2v) is 12.3. The molecule has 0 aliphatic heterocycles. The lowest BCUT2D eigenvalue weighted by Gasteiger charge is -2.11. The van der Waals surface area contributed by atoms with Gasteiger partial charge in [0.2, 0.25) is 5.71 Å². The molecule has 0 saturated carbocycles. The van der Waals surface area contributed by atoms with Crippen molar-refractivity contribution in [2.75, 3.05) is 0 Å². The van der Waals surface area contributed by atoms with E-state index in [-0.39, 0.29) is 0 Å². The van der Waals surface area contributed by atoms with Crippen LogP contribution in [0.15, 0.2) is 168 Å². The molecule has 6 heteroatoms. The average Bonchev–Trinajstić information content (AvgIpc) is 3.75. The first kappa shape index (κ1) is 28.1. The number of pyridine rings is 1. The Bertz CT molecular complexity index is 2800. The second kappa shape index (κ2) is 11.4. The standard InChI is InChI=1S/C44H27N5O/c1-4-13-28(14-5-1)41-46-42(29-15-6-2-7-16-29)48-43(47-41)34-24-23-32(40-39(34)35-20-12-26-45-44(35)50-40)30-22-25-38-36(27-30)33-19-10-11-21-37(33)49(38)31-17-8-3-9-18-31/h1-27H. The zero-order valence-electron chi connectivity index (χ0n) is 26.7. The molecule has 10 rings (SSSR count). The fourth-order valence-electron chi connectivity index (χ4n) is 7.05. The number of nitrogens with zero attached hydrogens (tertiary/aromatic N) is 5. The zero-order chi connectivity index (χ0) is 33.0. The molecule has 4 aromatic heterocycles. The summed E-state index contributed by atoms with van der Waals surface area (Å²) in [5.74, 6) is 1.79. The molecule has 0 spiro atoms. The summed E-state index contributed by atoms with van der Waals surface area (Å²) in [6.45, 7) is 0. The normalized spacial score (nSPS) is 11.6. The minimum Gasteiger partial charge on any atom is -0.437 e. The molecular weight excluding hydrogens is 615 g/mol. The van der Waals surface area contributed by atoms with Crippen LogP contribution in [0.25, 0.3) is 94.9 Å². The lowest BCUT2D eigenvalue weighted by Crippen LogP contribution is -2.00. The van der Waals surface area contributed by atoms with E-state index in [1.54, 1.807) is 6.20 Å². The van der Waals surface area contributed by atoms with Gasteiger partial charge in [0.25, 0.3) is 0 Å². The Morgan fingerprint density at radius 1 is 0.440 bits per heavy atom. The molecule has 0 atom stereocenters. The molecule has 0 saturated heterocycles. The molecular formula is C44H27N5O. The van der Waals surface area contributed by atoms with Crippen molar-refractivity contribution < 1.29 is 4.42 Å². The number of aromatic nitrogens is 5. The van der Waals surface area contributed by atoms with Gasteiger partial charge in [0.1, 0.15) is 5.58 Å². The monoisotopic (exact) mass is 641 g/mol. The topological polar surface area (TPSA) is 69.6 Å². The van der Waals surface area contributed by atoms with Crippen molar-refractivity contribution in [3.8, 4) is 51.0 Å². The molecule has 0 aliphatic carbocycles. The van der Waals surface area contributed by atoms with Crippen LogP contribution >= 0.6 is 0 Å². The third-order valence-corrected chi connectivity index (χ3v) is 9.34. The molecule has 0 radical (unpaired) electrons. The number of fused-ring (bicyclic) bond motifs is 6. The summed E-state index contributed by atoms with van der Waals surface area (Å²) in [6, 6.07) is 54.0. The number of benzene rings is 6. The fourth-order valence-corrected chi connectivity index (χ4v) is 7.05. The van der Waals surface area contributed by atoms with Gasteiger partial charge in [-0.3, -0.25) is 0 Å². The molecule has 0 N–H and O–H groups in total. The zero-order valence-corrected chi connectivity index (χ0v) is 26.7. The number of para-hydroxylation sites is 2. The molecule has 0 amide bonds. The SMILES string of the molecule is c1ccc(-c2nc(-c3ccccc3)nc(-c3ccc(-c4ccc5c(c4)c4ccccc4n5-c4ccccc4)c4oc5ncccc5c34)n2)cc1. The van der Waals surface area contributed by atoms with E-state index in [0.717, 1.165) is 60.9 Å². The Morgan fingerprint density at radius 2 is 1.04 bits per heavy atom. The third-order valence-electron chi connectivity index (χ3n) is 9.34. The molecule has 10 aromatic rings. The van der Waals surface area contributed by atoms with E-state index in [1.165, 1.54) is 10.8 Å². The van der Waals surface area contributed by atoms with E-state index in [1.807, 2.05) is 66.7 Å². The number of hydrogen-bond acceptors (Lipinski definition) is 5. The Hall–Kier alpha value is -6.92. The highest BCUT2D eigenvalue weighted by Gasteiger charge is 2.22. The third kappa shape index (κ3) is 4.50. The van der Waals surface area contributed by atoms with Crippen molar-refractivity contribution in [3.05, 3.63) is 164 Å². The first-order chi connectivity index (χ1) is 24.8. The molecule has 234 valence electrons. The van der Waals surface area contributed by atoms with E-state index in [9.17, 15) is 0 Å². The van der Waals surface area contributed by atoms with Crippen molar-refractivity contribution in [2.24, 2.45) is 0 Å². The van der Waals surface area contributed by atoms with Crippen molar-refractivity contribution in [1.29, 1.82) is 0 Å². The maximum absolute atomic E-state index is 6.62. The summed E-state index contributed by atoms with van der Waals surface area (Å²) in [4.78, 5) is 19.7. The van der Waals surface area contributed by atoms with Gasteiger partial charge in [-0.05, 0) is 60.2 Å². The summed E-state index contributed by atoms with van der Waals surface area (Å²) in [5.41, 5.74) is 9.47. The molecule has 0 bridgehead atoms. The quantitative estimate of drug-likeness (QED) is 0.187. The van der Waals surface area contributed by atoms with Crippen LogP contribution in [0.1, 0.15) is 0 Å². The lowest BCUT2D eigenvalue weighted by atomic mass is 9.97. The van der Waals surface area contributed by atoms with Crippen molar-refractivity contribution in [3.63, 3.8) is 0 Å². The summed E-state index contributed by atoms with van der Waals surface area (Å²) < 4.78 is 8.94. The summed E-state index contributed by atoms with van der Waals surface area (Å²) in [5, 5.41) is 4.19. The van der Waals surface area contributed by atoms with Gasteiger partial charge in [0, 0.05) is 55.7 Å². The maximum atomic E-state index is 6.62. The smallest absolute Gasteiger partial charge is 0.227 e. The minimum atomic E-state index is 0.568. The molecule has 6 aromatic carbocycles. The fraction of sp³-hybridized carbons (Fsp3) is 0. The Balaban J connectivity index is 1.22. The Kier molecular flexibility index (Phi) is 6.39. The maximum Gasteiger partial charge on any atom is 0.227 e. The number of furan rings is 1. The highest BCUT2D eigenvalue weighted by molar-refractivity contribution is 6.16. The summed E-state index contributed by atoms with van der Waals surface area (Å²) >= 11 is 0. The van der Waals surface area contributed by atoms with Gasteiger partial charge in [-0.15, -0.1) is 0 Å². The summed E-state index contributed by atoms with van der Waals surface area (Å²) in [7, 11) is 0. The van der Waals surface area contributed by atoms with Crippen LogP contribution in [0, 0.1) is 0 Å². The predicted octanol–water partition coefficient (Wildman–Crippen LogP) is 10.9. The molecule has 50 heavy (non-hydrogen) atoms.